The number of carbonyl (C=O) groups is 2. The molecule has 0 radical (unpaired) electrons. The van der Waals surface area contributed by atoms with Gasteiger partial charge in [0, 0.05) is 12.5 Å². The first-order valence-corrected chi connectivity index (χ1v) is 8.23. The standard InChI is InChI=1S/C16H31N3O2/c1-12(2)13(9-10-17)7-8-16(21)19(11-15(18)20)14-5-3-4-6-14/h12-14H,3-11,17H2,1-2H3,(H2,18,20). The first kappa shape index (κ1) is 18.0. The van der Waals surface area contributed by atoms with E-state index in [0.717, 1.165) is 38.5 Å². The molecule has 5 nitrogen and oxygen atoms in total. The van der Waals surface area contributed by atoms with E-state index in [4.69, 9.17) is 11.5 Å². The Labute approximate surface area is 128 Å². The Morgan fingerprint density at radius 2 is 1.81 bits per heavy atom. The minimum absolute atomic E-state index is 0.0622. The molecule has 1 unspecified atom stereocenters. The third-order valence-electron chi connectivity index (χ3n) is 4.62. The minimum atomic E-state index is -0.419. The average molecular weight is 297 g/mol. The second-order valence-electron chi connectivity index (χ2n) is 6.55. The predicted octanol–water partition coefficient (Wildman–Crippen LogP) is 1.64. The first-order valence-electron chi connectivity index (χ1n) is 8.23. The van der Waals surface area contributed by atoms with E-state index in [0.29, 0.717) is 24.8 Å². The summed E-state index contributed by atoms with van der Waals surface area (Å²) >= 11 is 0. The smallest absolute Gasteiger partial charge is 0.237 e. The maximum absolute atomic E-state index is 12.5. The Bertz CT molecular complexity index is 338. The number of hydrogen-bond acceptors (Lipinski definition) is 3. The summed E-state index contributed by atoms with van der Waals surface area (Å²) in [6.45, 7) is 5.06. The predicted molar refractivity (Wildman–Crippen MR) is 84.4 cm³/mol. The number of nitrogens with two attached hydrogens (primary N) is 2. The zero-order chi connectivity index (χ0) is 15.8. The number of amides is 2. The molecule has 1 fully saturated rings. The number of hydrogen-bond donors (Lipinski definition) is 2. The molecule has 0 aromatic rings. The van der Waals surface area contributed by atoms with Crippen LogP contribution in [-0.2, 0) is 9.59 Å². The quantitative estimate of drug-likeness (QED) is 0.678. The van der Waals surface area contributed by atoms with Gasteiger partial charge in [0.2, 0.25) is 11.8 Å². The topological polar surface area (TPSA) is 89.4 Å². The Morgan fingerprint density at radius 1 is 1.19 bits per heavy atom. The number of primary amides is 1. The molecule has 0 bridgehead atoms. The van der Waals surface area contributed by atoms with E-state index >= 15 is 0 Å². The van der Waals surface area contributed by atoms with Gasteiger partial charge in [-0.1, -0.05) is 26.7 Å². The molecule has 0 spiro atoms. The molecular weight excluding hydrogens is 266 g/mol. The van der Waals surface area contributed by atoms with Gasteiger partial charge in [-0.3, -0.25) is 9.59 Å². The highest BCUT2D eigenvalue weighted by Crippen LogP contribution is 2.26. The summed E-state index contributed by atoms with van der Waals surface area (Å²) in [6.07, 6.45) is 6.54. The molecule has 5 heteroatoms. The van der Waals surface area contributed by atoms with E-state index in [9.17, 15) is 9.59 Å². The van der Waals surface area contributed by atoms with E-state index in [2.05, 4.69) is 13.8 Å². The molecule has 0 aromatic heterocycles. The van der Waals surface area contributed by atoms with E-state index < -0.39 is 5.91 Å². The van der Waals surface area contributed by atoms with Crippen molar-refractivity contribution in [2.75, 3.05) is 13.1 Å². The summed E-state index contributed by atoms with van der Waals surface area (Å²) in [5.41, 5.74) is 10.9. The Kier molecular flexibility index (Phi) is 7.72. The molecule has 1 aliphatic rings. The Hall–Kier alpha value is -1.10. The normalized spacial score (nSPS) is 17.1. The van der Waals surface area contributed by atoms with Gasteiger partial charge in [-0.2, -0.15) is 0 Å². The van der Waals surface area contributed by atoms with Gasteiger partial charge in [0.25, 0.3) is 0 Å². The fraction of sp³-hybridized carbons (Fsp3) is 0.875. The molecule has 2 amide bonds. The Morgan fingerprint density at radius 3 is 2.29 bits per heavy atom. The van der Waals surface area contributed by atoms with Crippen LogP contribution in [-0.4, -0.2) is 35.8 Å². The number of rotatable bonds is 9. The van der Waals surface area contributed by atoms with Crippen molar-refractivity contribution in [1.29, 1.82) is 0 Å². The van der Waals surface area contributed by atoms with Gasteiger partial charge in [0.15, 0.2) is 0 Å². The lowest BCUT2D eigenvalue weighted by molar-refractivity contribution is -0.137. The molecule has 122 valence electrons. The molecule has 0 saturated heterocycles. The molecule has 1 saturated carbocycles. The Balaban J connectivity index is 2.56. The van der Waals surface area contributed by atoms with Gasteiger partial charge in [-0.05, 0) is 44.1 Å². The molecule has 0 aromatic carbocycles. The maximum atomic E-state index is 12.5. The number of carbonyl (C=O) groups excluding carboxylic acids is 2. The highest BCUT2D eigenvalue weighted by molar-refractivity contribution is 5.84. The highest BCUT2D eigenvalue weighted by atomic mass is 16.2. The van der Waals surface area contributed by atoms with Gasteiger partial charge in [-0.25, -0.2) is 0 Å². The zero-order valence-electron chi connectivity index (χ0n) is 13.5. The van der Waals surface area contributed by atoms with Crippen molar-refractivity contribution in [3.8, 4) is 0 Å². The van der Waals surface area contributed by atoms with Gasteiger partial charge in [0.1, 0.15) is 0 Å². The van der Waals surface area contributed by atoms with E-state index in [1.54, 1.807) is 4.90 Å². The lowest BCUT2D eigenvalue weighted by atomic mass is 9.88. The van der Waals surface area contributed by atoms with Gasteiger partial charge < -0.3 is 16.4 Å². The van der Waals surface area contributed by atoms with Crippen LogP contribution in [0.25, 0.3) is 0 Å². The largest absolute Gasteiger partial charge is 0.368 e. The van der Waals surface area contributed by atoms with Crippen LogP contribution >= 0.6 is 0 Å². The highest BCUT2D eigenvalue weighted by Gasteiger charge is 2.28. The van der Waals surface area contributed by atoms with E-state index in [-0.39, 0.29) is 18.5 Å². The first-order chi connectivity index (χ1) is 9.95. The lowest BCUT2D eigenvalue weighted by Crippen LogP contribution is -2.44. The average Bonchev–Trinajstić information content (AvgIpc) is 2.93. The molecule has 0 aliphatic heterocycles. The van der Waals surface area contributed by atoms with E-state index in [1.807, 2.05) is 0 Å². The van der Waals surface area contributed by atoms with Crippen LogP contribution in [0.3, 0.4) is 0 Å². The van der Waals surface area contributed by atoms with Crippen molar-refractivity contribution in [2.45, 2.75) is 64.8 Å². The van der Waals surface area contributed by atoms with Crippen molar-refractivity contribution in [3.63, 3.8) is 0 Å². The zero-order valence-corrected chi connectivity index (χ0v) is 13.5. The molecule has 1 rings (SSSR count). The molecular formula is C16H31N3O2. The molecule has 21 heavy (non-hydrogen) atoms. The fourth-order valence-corrected chi connectivity index (χ4v) is 3.28. The summed E-state index contributed by atoms with van der Waals surface area (Å²) in [7, 11) is 0. The summed E-state index contributed by atoms with van der Waals surface area (Å²) in [5, 5.41) is 0. The van der Waals surface area contributed by atoms with Crippen LogP contribution in [0.15, 0.2) is 0 Å². The second-order valence-corrected chi connectivity index (χ2v) is 6.55. The molecule has 4 N–H and O–H groups in total. The third kappa shape index (κ3) is 6.04. The van der Waals surface area contributed by atoms with Gasteiger partial charge >= 0.3 is 0 Å². The SMILES string of the molecule is CC(C)C(CCN)CCC(=O)N(CC(N)=O)C1CCCC1. The van der Waals surface area contributed by atoms with Crippen LogP contribution in [0.2, 0.25) is 0 Å². The van der Waals surface area contributed by atoms with Crippen LogP contribution in [0.5, 0.6) is 0 Å². The van der Waals surface area contributed by atoms with Gasteiger partial charge in [-0.15, -0.1) is 0 Å². The van der Waals surface area contributed by atoms with E-state index in [1.165, 1.54) is 0 Å². The van der Waals surface area contributed by atoms with Crippen molar-refractivity contribution in [3.05, 3.63) is 0 Å². The van der Waals surface area contributed by atoms with Gasteiger partial charge in [0.05, 0.1) is 6.54 Å². The van der Waals surface area contributed by atoms with Crippen LogP contribution < -0.4 is 11.5 Å². The van der Waals surface area contributed by atoms with Crippen molar-refractivity contribution >= 4 is 11.8 Å². The number of nitrogens with zero attached hydrogens (tertiary/aromatic N) is 1. The third-order valence-corrected chi connectivity index (χ3v) is 4.62. The summed E-state index contributed by atoms with van der Waals surface area (Å²) < 4.78 is 0. The molecule has 1 atom stereocenters. The molecule has 1 aliphatic carbocycles. The molecule has 0 heterocycles. The van der Waals surface area contributed by atoms with Crippen LogP contribution in [0, 0.1) is 11.8 Å². The minimum Gasteiger partial charge on any atom is -0.368 e. The summed E-state index contributed by atoms with van der Waals surface area (Å²) in [5.74, 6) is 0.649. The monoisotopic (exact) mass is 297 g/mol. The summed E-state index contributed by atoms with van der Waals surface area (Å²) in [6, 6.07) is 0.206. The fourth-order valence-electron chi connectivity index (χ4n) is 3.28. The second kappa shape index (κ2) is 9.03. The van der Waals surface area contributed by atoms with Crippen LogP contribution in [0.4, 0.5) is 0 Å². The van der Waals surface area contributed by atoms with Crippen molar-refractivity contribution < 1.29 is 9.59 Å². The van der Waals surface area contributed by atoms with Crippen LogP contribution in [0.1, 0.15) is 58.8 Å². The summed E-state index contributed by atoms with van der Waals surface area (Å²) in [4.78, 5) is 25.4. The van der Waals surface area contributed by atoms with Crippen molar-refractivity contribution in [2.24, 2.45) is 23.3 Å². The maximum Gasteiger partial charge on any atom is 0.237 e. The van der Waals surface area contributed by atoms with Crippen molar-refractivity contribution in [1.82, 2.24) is 4.90 Å². The lowest BCUT2D eigenvalue weighted by Gasteiger charge is -2.29.